The van der Waals surface area contributed by atoms with Crippen molar-refractivity contribution in [3.63, 3.8) is 0 Å². The number of para-hydroxylation sites is 2. The average molecular weight is 891 g/mol. The van der Waals surface area contributed by atoms with Crippen LogP contribution in [0.5, 0.6) is 0 Å². The van der Waals surface area contributed by atoms with Crippen LogP contribution in [0.15, 0.2) is 279 Å². The smallest absolute Gasteiger partial charge is 0.0547 e. The Morgan fingerprint density at radius 2 is 0.729 bits per heavy atom. The molecule has 0 aliphatic carbocycles. The van der Waals surface area contributed by atoms with Crippen molar-refractivity contribution in [1.29, 1.82) is 0 Å². The van der Waals surface area contributed by atoms with Crippen molar-refractivity contribution in [2.24, 2.45) is 0 Å². The van der Waals surface area contributed by atoms with Crippen LogP contribution in [0.1, 0.15) is 0 Å². The van der Waals surface area contributed by atoms with Gasteiger partial charge in [0.25, 0.3) is 0 Å². The molecule has 0 saturated carbocycles. The first-order valence-corrected chi connectivity index (χ1v) is 24.1. The second kappa shape index (κ2) is 17.4. The number of hydrogen-bond acceptors (Lipinski definition) is 1. The minimum absolute atomic E-state index is 1.08. The zero-order chi connectivity index (χ0) is 46.4. The monoisotopic (exact) mass is 890 g/mol. The quantitative estimate of drug-likeness (QED) is 0.131. The predicted octanol–water partition coefficient (Wildman–Crippen LogP) is 18.9. The summed E-state index contributed by atoms with van der Waals surface area (Å²) >= 11 is 0. The van der Waals surface area contributed by atoms with E-state index in [0.717, 1.165) is 33.9 Å². The lowest BCUT2D eigenvalue weighted by Gasteiger charge is -2.26. The van der Waals surface area contributed by atoms with Crippen LogP contribution in [0.3, 0.4) is 0 Å². The number of benzene rings is 12. The second-order valence-electron chi connectivity index (χ2n) is 18.1. The molecule has 13 rings (SSSR count). The molecule has 0 radical (unpaired) electrons. The van der Waals surface area contributed by atoms with Crippen molar-refractivity contribution in [3.8, 4) is 61.3 Å². The number of anilines is 3. The van der Waals surface area contributed by atoms with E-state index >= 15 is 0 Å². The van der Waals surface area contributed by atoms with E-state index < -0.39 is 0 Å². The van der Waals surface area contributed by atoms with Crippen LogP contribution in [0, 0.1) is 0 Å². The van der Waals surface area contributed by atoms with Crippen LogP contribution in [0.25, 0.3) is 105 Å². The summed E-state index contributed by atoms with van der Waals surface area (Å²) in [7, 11) is 0. The summed E-state index contributed by atoms with van der Waals surface area (Å²) in [5.74, 6) is 0. The average Bonchev–Trinajstić information content (AvgIpc) is 3.79. The molecule has 328 valence electrons. The van der Waals surface area contributed by atoms with Crippen molar-refractivity contribution in [1.82, 2.24) is 4.57 Å². The molecule has 12 aromatic carbocycles. The van der Waals surface area contributed by atoms with Crippen molar-refractivity contribution >= 4 is 60.4 Å². The number of nitrogens with zero attached hydrogens (tertiary/aromatic N) is 2. The fourth-order valence-electron chi connectivity index (χ4n) is 10.6. The van der Waals surface area contributed by atoms with Gasteiger partial charge in [0.2, 0.25) is 0 Å². The molecule has 0 fully saturated rings. The van der Waals surface area contributed by atoms with E-state index in [-0.39, 0.29) is 0 Å². The van der Waals surface area contributed by atoms with Gasteiger partial charge in [0.15, 0.2) is 0 Å². The maximum Gasteiger partial charge on any atom is 0.0547 e. The van der Waals surface area contributed by atoms with Gasteiger partial charge in [-0.25, -0.2) is 0 Å². The Kier molecular flexibility index (Phi) is 10.2. The SMILES string of the molecule is c1ccc(-c2ccc(-c3ccc(N(c4ccc(-c5cc6ccccc6c6ccccc56)cc4)c4cccc(-c5cccc(-c6cccc7c6c6ccccc6n7-c6ccccc6)c5)c4)cc3)cc2)cc1. The molecular weight excluding hydrogens is 845 g/mol. The molecule has 1 aromatic heterocycles. The Morgan fingerprint density at radius 1 is 0.243 bits per heavy atom. The molecule has 0 unspecified atom stereocenters. The Bertz CT molecular complexity index is 4020. The third kappa shape index (κ3) is 7.31. The van der Waals surface area contributed by atoms with E-state index in [4.69, 9.17) is 0 Å². The van der Waals surface area contributed by atoms with Crippen molar-refractivity contribution in [2.75, 3.05) is 4.90 Å². The maximum absolute atomic E-state index is 2.39. The zero-order valence-electron chi connectivity index (χ0n) is 38.5. The second-order valence-corrected chi connectivity index (χ2v) is 18.1. The van der Waals surface area contributed by atoms with Crippen LogP contribution in [-0.2, 0) is 0 Å². The van der Waals surface area contributed by atoms with Gasteiger partial charge in [-0.05, 0) is 150 Å². The first-order valence-electron chi connectivity index (χ1n) is 24.1. The summed E-state index contributed by atoms with van der Waals surface area (Å²) < 4.78 is 2.39. The van der Waals surface area contributed by atoms with Gasteiger partial charge in [0.05, 0.1) is 11.0 Å². The standard InChI is InChI=1S/C68H46N2/c1-3-16-47(17-4-1)48-32-34-49(35-33-48)50-36-40-57(41-37-50)69(58-42-38-51(39-43-58)65-46-55-18-7-8-25-60(55)62-26-9-10-27-63(62)65)59-24-14-20-53(45-59)52-19-13-21-54(44-52)61-29-15-31-67-68(61)64-28-11-12-30-66(64)70(67)56-22-5-2-6-23-56/h1-46H. The number of hydrogen-bond donors (Lipinski definition) is 0. The van der Waals surface area contributed by atoms with Crippen molar-refractivity contribution in [2.45, 2.75) is 0 Å². The summed E-state index contributed by atoms with van der Waals surface area (Å²) in [6.07, 6.45) is 0. The highest BCUT2D eigenvalue weighted by Gasteiger charge is 2.18. The Labute approximate surface area is 408 Å². The van der Waals surface area contributed by atoms with Crippen LogP contribution >= 0.6 is 0 Å². The van der Waals surface area contributed by atoms with Gasteiger partial charge in [0.1, 0.15) is 0 Å². The van der Waals surface area contributed by atoms with E-state index in [2.05, 4.69) is 289 Å². The van der Waals surface area contributed by atoms with Gasteiger partial charge in [0, 0.05) is 33.5 Å². The highest BCUT2D eigenvalue weighted by atomic mass is 15.1. The largest absolute Gasteiger partial charge is 0.310 e. The van der Waals surface area contributed by atoms with Gasteiger partial charge in [-0.3, -0.25) is 0 Å². The maximum atomic E-state index is 2.39. The third-order valence-corrected chi connectivity index (χ3v) is 14.0. The van der Waals surface area contributed by atoms with Crippen LogP contribution < -0.4 is 4.90 Å². The van der Waals surface area contributed by atoms with E-state index in [1.54, 1.807) is 0 Å². The van der Waals surface area contributed by atoms with Crippen molar-refractivity contribution < 1.29 is 0 Å². The lowest BCUT2D eigenvalue weighted by molar-refractivity contribution is 1.18. The Balaban J connectivity index is 0.900. The number of aromatic nitrogens is 1. The topological polar surface area (TPSA) is 8.17 Å². The molecule has 0 amide bonds. The molecule has 1 heterocycles. The van der Waals surface area contributed by atoms with Crippen molar-refractivity contribution in [3.05, 3.63) is 279 Å². The van der Waals surface area contributed by atoms with E-state index in [9.17, 15) is 0 Å². The molecule has 0 spiro atoms. The normalized spacial score (nSPS) is 11.4. The highest BCUT2D eigenvalue weighted by Crippen LogP contribution is 2.43. The predicted molar refractivity (Wildman–Crippen MR) is 298 cm³/mol. The molecule has 70 heavy (non-hydrogen) atoms. The highest BCUT2D eigenvalue weighted by molar-refractivity contribution is 6.16. The van der Waals surface area contributed by atoms with Crippen LogP contribution in [0.2, 0.25) is 0 Å². The first-order chi connectivity index (χ1) is 34.7. The van der Waals surface area contributed by atoms with Gasteiger partial charge >= 0.3 is 0 Å². The number of fused-ring (bicyclic) bond motifs is 6. The van der Waals surface area contributed by atoms with Gasteiger partial charge in [-0.2, -0.15) is 0 Å². The molecule has 0 bridgehead atoms. The zero-order valence-corrected chi connectivity index (χ0v) is 38.5. The number of rotatable bonds is 9. The molecule has 0 aliphatic rings. The molecule has 0 N–H and O–H groups in total. The summed E-state index contributed by atoms with van der Waals surface area (Å²) in [6.45, 7) is 0. The summed E-state index contributed by atoms with van der Waals surface area (Å²) in [6, 6.07) is 102. The van der Waals surface area contributed by atoms with Gasteiger partial charge in [-0.1, -0.05) is 206 Å². The lowest BCUT2D eigenvalue weighted by Crippen LogP contribution is -2.10. The lowest BCUT2D eigenvalue weighted by atomic mass is 9.93. The first kappa shape index (κ1) is 41.0. The molecule has 0 atom stereocenters. The summed E-state index contributed by atoms with van der Waals surface area (Å²) in [5, 5.41) is 7.55. The fourth-order valence-corrected chi connectivity index (χ4v) is 10.6. The van der Waals surface area contributed by atoms with Gasteiger partial charge < -0.3 is 9.47 Å². The Morgan fingerprint density at radius 3 is 1.44 bits per heavy atom. The van der Waals surface area contributed by atoms with Gasteiger partial charge in [-0.15, -0.1) is 0 Å². The van der Waals surface area contributed by atoms with Crippen LogP contribution in [0.4, 0.5) is 17.1 Å². The third-order valence-electron chi connectivity index (χ3n) is 14.0. The Hall–Kier alpha value is -9.24. The fraction of sp³-hybridized carbons (Fsp3) is 0. The van der Waals surface area contributed by atoms with E-state index in [1.807, 2.05) is 0 Å². The van der Waals surface area contributed by atoms with E-state index in [0.29, 0.717) is 0 Å². The van der Waals surface area contributed by atoms with E-state index in [1.165, 1.54) is 87.9 Å². The summed E-state index contributed by atoms with van der Waals surface area (Å²) in [5.41, 5.74) is 18.7. The molecule has 0 aliphatic heterocycles. The molecule has 13 aromatic rings. The molecule has 0 saturated heterocycles. The molecule has 2 nitrogen and oxygen atoms in total. The minimum Gasteiger partial charge on any atom is -0.310 e. The van der Waals surface area contributed by atoms with Crippen LogP contribution in [-0.4, -0.2) is 4.57 Å². The summed E-state index contributed by atoms with van der Waals surface area (Å²) in [4.78, 5) is 2.39. The molecule has 2 heteroatoms. The molecular formula is C68H46N2. The minimum atomic E-state index is 1.08.